The van der Waals surface area contributed by atoms with Crippen molar-refractivity contribution in [1.29, 1.82) is 0 Å². The molecule has 1 heterocycles. The van der Waals surface area contributed by atoms with Gasteiger partial charge in [-0.05, 0) is 12.5 Å². The summed E-state index contributed by atoms with van der Waals surface area (Å²) in [6, 6.07) is 4.56. The lowest BCUT2D eigenvalue weighted by Gasteiger charge is -2.10. The summed E-state index contributed by atoms with van der Waals surface area (Å²) < 4.78 is 39.5. The van der Waals surface area contributed by atoms with Gasteiger partial charge in [-0.3, -0.25) is 0 Å². The summed E-state index contributed by atoms with van der Waals surface area (Å²) in [5.41, 5.74) is 0.403. The van der Waals surface area contributed by atoms with Crippen molar-refractivity contribution in [1.82, 2.24) is 4.98 Å². The van der Waals surface area contributed by atoms with Crippen LogP contribution in [-0.2, 0) is 0 Å². The SMILES string of the molecule is CCCNc1cc(Nc2cc(F)c(F)cc2F)ccn1. The Hall–Kier alpha value is -2.24. The van der Waals surface area contributed by atoms with E-state index in [9.17, 15) is 13.2 Å². The van der Waals surface area contributed by atoms with Crippen molar-refractivity contribution in [2.75, 3.05) is 17.2 Å². The van der Waals surface area contributed by atoms with E-state index in [1.54, 1.807) is 12.1 Å². The Bertz CT molecular complexity index is 602. The van der Waals surface area contributed by atoms with E-state index in [0.717, 1.165) is 19.0 Å². The van der Waals surface area contributed by atoms with E-state index in [0.29, 0.717) is 17.6 Å². The number of halogens is 3. The van der Waals surface area contributed by atoms with Gasteiger partial charge in [0.05, 0.1) is 5.69 Å². The molecular weight excluding hydrogens is 267 g/mol. The van der Waals surface area contributed by atoms with Crippen LogP contribution in [0, 0.1) is 17.5 Å². The van der Waals surface area contributed by atoms with Gasteiger partial charge in [0, 0.05) is 36.6 Å². The molecule has 0 aliphatic carbocycles. The molecular formula is C14H14F3N3. The van der Waals surface area contributed by atoms with Gasteiger partial charge in [0.2, 0.25) is 0 Å². The molecule has 106 valence electrons. The summed E-state index contributed by atoms with van der Waals surface area (Å²) in [6.07, 6.45) is 2.48. The fourth-order valence-electron chi connectivity index (χ4n) is 1.63. The molecule has 0 amide bonds. The third kappa shape index (κ3) is 3.40. The van der Waals surface area contributed by atoms with Gasteiger partial charge in [-0.25, -0.2) is 18.2 Å². The van der Waals surface area contributed by atoms with Gasteiger partial charge in [0.25, 0.3) is 0 Å². The highest BCUT2D eigenvalue weighted by molar-refractivity contribution is 5.63. The van der Waals surface area contributed by atoms with Gasteiger partial charge in [-0.1, -0.05) is 6.92 Å². The molecule has 0 aliphatic heterocycles. The number of hydrogen-bond acceptors (Lipinski definition) is 3. The normalized spacial score (nSPS) is 10.4. The van der Waals surface area contributed by atoms with E-state index in [1.807, 2.05) is 6.92 Å². The van der Waals surface area contributed by atoms with Crippen molar-refractivity contribution in [2.24, 2.45) is 0 Å². The monoisotopic (exact) mass is 281 g/mol. The van der Waals surface area contributed by atoms with Gasteiger partial charge in [0.1, 0.15) is 11.6 Å². The molecule has 0 atom stereocenters. The summed E-state index contributed by atoms with van der Waals surface area (Å²) in [5.74, 6) is -2.55. The molecule has 2 aromatic rings. The summed E-state index contributed by atoms with van der Waals surface area (Å²) in [4.78, 5) is 4.09. The molecule has 0 radical (unpaired) electrons. The zero-order chi connectivity index (χ0) is 14.5. The Kier molecular flexibility index (Phi) is 4.45. The second kappa shape index (κ2) is 6.27. The molecule has 0 unspecified atom stereocenters. The molecule has 1 aromatic carbocycles. The van der Waals surface area contributed by atoms with Gasteiger partial charge < -0.3 is 10.6 Å². The average molecular weight is 281 g/mol. The predicted octanol–water partition coefficient (Wildman–Crippen LogP) is 4.06. The number of pyridine rings is 1. The minimum Gasteiger partial charge on any atom is -0.370 e. The maximum Gasteiger partial charge on any atom is 0.161 e. The van der Waals surface area contributed by atoms with Crippen molar-refractivity contribution in [2.45, 2.75) is 13.3 Å². The predicted molar refractivity (Wildman–Crippen MR) is 72.6 cm³/mol. The van der Waals surface area contributed by atoms with E-state index in [2.05, 4.69) is 15.6 Å². The number of aromatic nitrogens is 1. The first-order valence-corrected chi connectivity index (χ1v) is 6.21. The molecule has 3 nitrogen and oxygen atoms in total. The maximum absolute atomic E-state index is 13.5. The Labute approximate surface area is 114 Å². The lowest BCUT2D eigenvalue weighted by Crippen LogP contribution is -2.03. The quantitative estimate of drug-likeness (QED) is 0.811. The van der Waals surface area contributed by atoms with Crippen LogP contribution in [0.3, 0.4) is 0 Å². The van der Waals surface area contributed by atoms with Gasteiger partial charge >= 0.3 is 0 Å². The summed E-state index contributed by atoms with van der Waals surface area (Å²) in [6.45, 7) is 2.78. The van der Waals surface area contributed by atoms with E-state index < -0.39 is 17.5 Å². The van der Waals surface area contributed by atoms with Crippen molar-refractivity contribution < 1.29 is 13.2 Å². The fraction of sp³-hybridized carbons (Fsp3) is 0.214. The van der Waals surface area contributed by atoms with Gasteiger partial charge in [-0.2, -0.15) is 0 Å². The van der Waals surface area contributed by atoms with Crippen molar-refractivity contribution in [3.63, 3.8) is 0 Å². The fourth-order valence-corrected chi connectivity index (χ4v) is 1.63. The van der Waals surface area contributed by atoms with Crippen LogP contribution in [-0.4, -0.2) is 11.5 Å². The lowest BCUT2D eigenvalue weighted by molar-refractivity contribution is 0.496. The second-order valence-corrected chi connectivity index (χ2v) is 4.23. The highest BCUT2D eigenvalue weighted by atomic mass is 19.2. The first-order valence-electron chi connectivity index (χ1n) is 6.21. The molecule has 0 bridgehead atoms. The Morgan fingerprint density at radius 2 is 1.80 bits per heavy atom. The molecule has 6 heteroatoms. The van der Waals surface area contributed by atoms with Crippen LogP contribution in [0.5, 0.6) is 0 Å². The Morgan fingerprint density at radius 1 is 1.05 bits per heavy atom. The molecule has 0 aliphatic rings. The summed E-state index contributed by atoms with van der Waals surface area (Å²) in [5, 5.41) is 5.77. The van der Waals surface area contributed by atoms with Crippen LogP contribution < -0.4 is 10.6 Å². The standard InChI is InChI=1S/C14H14F3N3/c1-2-4-18-14-6-9(3-5-19-14)20-13-8-11(16)10(15)7-12(13)17/h3,5-8H,2,4H2,1H3,(H2,18,19,20). The van der Waals surface area contributed by atoms with Crippen molar-refractivity contribution in [3.8, 4) is 0 Å². The highest BCUT2D eigenvalue weighted by Gasteiger charge is 2.10. The molecule has 1 aromatic heterocycles. The minimum atomic E-state index is -1.21. The third-order valence-corrected chi connectivity index (χ3v) is 2.61. The smallest absolute Gasteiger partial charge is 0.161 e. The first-order chi connectivity index (χ1) is 9.60. The first kappa shape index (κ1) is 14.2. The number of hydrogen-bond donors (Lipinski definition) is 2. The van der Waals surface area contributed by atoms with Crippen LogP contribution in [0.15, 0.2) is 30.5 Å². The molecule has 0 fully saturated rings. The van der Waals surface area contributed by atoms with E-state index in [-0.39, 0.29) is 5.69 Å². The number of nitrogens with zero attached hydrogens (tertiary/aromatic N) is 1. The summed E-state index contributed by atoms with van der Waals surface area (Å²) in [7, 11) is 0. The largest absolute Gasteiger partial charge is 0.370 e. The molecule has 2 rings (SSSR count). The van der Waals surface area contributed by atoms with Crippen molar-refractivity contribution in [3.05, 3.63) is 47.9 Å². The molecule has 2 N–H and O–H groups in total. The topological polar surface area (TPSA) is 37.0 Å². The van der Waals surface area contributed by atoms with E-state index in [4.69, 9.17) is 0 Å². The van der Waals surface area contributed by atoms with Crippen LogP contribution in [0.2, 0.25) is 0 Å². The van der Waals surface area contributed by atoms with Crippen LogP contribution >= 0.6 is 0 Å². The Balaban J connectivity index is 2.19. The average Bonchev–Trinajstić information content (AvgIpc) is 2.43. The molecule has 0 spiro atoms. The third-order valence-electron chi connectivity index (χ3n) is 2.61. The number of benzene rings is 1. The molecule has 0 saturated heterocycles. The number of anilines is 3. The second-order valence-electron chi connectivity index (χ2n) is 4.23. The van der Waals surface area contributed by atoms with Crippen LogP contribution in [0.25, 0.3) is 0 Å². The zero-order valence-corrected chi connectivity index (χ0v) is 10.9. The summed E-state index contributed by atoms with van der Waals surface area (Å²) >= 11 is 0. The van der Waals surface area contributed by atoms with Crippen LogP contribution in [0.1, 0.15) is 13.3 Å². The molecule has 20 heavy (non-hydrogen) atoms. The maximum atomic E-state index is 13.5. The highest BCUT2D eigenvalue weighted by Crippen LogP contribution is 2.23. The lowest BCUT2D eigenvalue weighted by atomic mass is 10.2. The molecule has 0 saturated carbocycles. The van der Waals surface area contributed by atoms with Gasteiger partial charge in [-0.15, -0.1) is 0 Å². The van der Waals surface area contributed by atoms with E-state index in [1.165, 1.54) is 6.20 Å². The van der Waals surface area contributed by atoms with Gasteiger partial charge in [0.15, 0.2) is 11.6 Å². The van der Waals surface area contributed by atoms with E-state index >= 15 is 0 Å². The zero-order valence-electron chi connectivity index (χ0n) is 10.9. The number of rotatable bonds is 5. The van der Waals surface area contributed by atoms with Crippen LogP contribution in [0.4, 0.5) is 30.4 Å². The van der Waals surface area contributed by atoms with Crippen molar-refractivity contribution >= 4 is 17.2 Å². The Morgan fingerprint density at radius 3 is 2.55 bits per heavy atom. The minimum absolute atomic E-state index is 0.128. The number of nitrogens with one attached hydrogen (secondary N) is 2.